The average molecular weight is 348 g/mol. The number of hydrogen-bond donors (Lipinski definition) is 0. The van der Waals surface area contributed by atoms with Crippen LogP contribution in [0.2, 0.25) is 0 Å². The molecule has 0 fully saturated rings. The number of halogens is 2. The second-order valence-electron chi connectivity index (χ2n) is 5.37. The third-order valence-corrected chi connectivity index (χ3v) is 4.55. The molecule has 0 saturated carbocycles. The summed E-state index contributed by atoms with van der Waals surface area (Å²) in [6, 6.07) is 4.71. The van der Waals surface area contributed by atoms with Gasteiger partial charge in [0.25, 0.3) is 0 Å². The highest BCUT2D eigenvalue weighted by atomic mass is 32.2. The normalized spacial score (nSPS) is 12.5. The van der Waals surface area contributed by atoms with Crippen LogP contribution in [0.3, 0.4) is 0 Å². The maximum absolute atomic E-state index is 13.8. The van der Waals surface area contributed by atoms with E-state index in [9.17, 15) is 13.6 Å². The minimum atomic E-state index is -0.868. The van der Waals surface area contributed by atoms with Crippen molar-refractivity contribution < 1.29 is 13.6 Å². The first kappa shape index (κ1) is 16.5. The monoisotopic (exact) mass is 348 g/mol. The van der Waals surface area contributed by atoms with Crippen molar-refractivity contribution in [3.63, 3.8) is 0 Å². The lowest BCUT2D eigenvalue weighted by Gasteiger charge is -2.10. The Bertz CT molecular complexity index is 941. The molecule has 3 rings (SSSR count). The molecule has 0 N–H and O–H groups in total. The van der Waals surface area contributed by atoms with E-state index in [2.05, 4.69) is 15.2 Å². The maximum Gasteiger partial charge on any atom is 0.197 e. The van der Waals surface area contributed by atoms with Crippen LogP contribution in [0.15, 0.2) is 29.4 Å². The van der Waals surface area contributed by atoms with Gasteiger partial charge in [-0.3, -0.25) is 9.20 Å². The van der Waals surface area contributed by atoms with Gasteiger partial charge in [-0.15, -0.1) is 10.2 Å². The molecule has 0 amide bonds. The SMILES string of the molecule is Cc1cc2nnc(S[C@@H](C)C(=O)c3ccc(F)cc3F)n2c(C)n1. The van der Waals surface area contributed by atoms with Gasteiger partial charge >= 0.3 is 0 Å². The van der Waals surface area contributed by atoms with Crippen molar-refractivity contribution >= 4 is 23.2 Å². The number of thioether (sulfide) groups is 1. The standard InChI is InChI=1S/C16H14F2N4OS/c1-8-6-14-20-21-16(22(14)10(3)19-8)24-9(2)15(23)12-5-4-11(17)7-13(12)18/h4-7,9H,1-3H3/t9-/m0/s1. The van der Waals surface area contributed by atoms with Crippen molar-refractivity contribution in [3.05, 3.63) is 53.0 Å². The van der Waals surface area contributed by atoms with Gasteiger partial charge in [0.15, 0.2) is 16.6 Å². The number of ketones is 1. The zero-order valence-corrected chi connectivity index (χ0v) is 14.1. The Balaban J connectivity index is 1.89. The molecule has 0 aliphatic carbocycles. The fraction of sp³-hybridized carbons (Fsp3) is 0.250. The molecule has 5 nitrogen and oxygen atoms in total. The van der Waals surface area contributed by atoms with E-state index in [1.165, 1.54) is 0 Å². The van der Waals surface area contributed by atoms with Gasteiger partial charge in [-0.2, -0.15) is 0 Å². The Labute approximate surface area is 141 Å². The average Bonchev–Trinajstić information content (AvgIpc) is 2.89. The van der Waals surface area contributed by atoms with Gasteiger partial charge in [-0.1, -0.05) is 11.8 Å². The van der Waals surface area contributed by atoms with Gasteiger partial charge in [0.1, 0.15) is 17.5 Å². The molecule has 1 atom stereocenters. The minimum Gasteiger partial charge on any atom is -0.293 e. The van der Waals surface area contributed by atoms with Crippen LogP contribution in [0.4, 0.5) is 8.78 Å². The minimum absolute atomic E-state index is 0.143. The Morgan fingerprint density at radius 2 is 1.96 bits per heavy atom. The number of aryl methyl sites for hydroxylation is 2. The molecule has 0 aliphatic heterocycles. The summed E-state index contributed by atoms with van der Waals surface area (Å²) in [6.45, 7) is 5.32. The Morgan fingerprint density at radius 1 is 1.21 bits per heavy atom. The van der Waals surface area contributed by atoms with E-state index in [1.807, 2.05) is 13.8 Å². The fourth-order valence-electron chi connectivity index (χ4n) is 2.40. The molecular weight excluding hydrogens is 334 g/mol. The molecule has 3 aromatic rings. The summed E-state index contributed by atoms with van der Waals surface area (Å²) in [4.78, 5) is 16.8. The quantitative estimate of drug-likeness (QED) is 0.534. The van der Waals surface area contributed by atoms with Gasteiger partial charge in [-0.25, -0.2) is 13.8 Å². The van der Waals surface area contributed by atoms with Crippen LogP contribution in [0.5, 0.6) is 0 Å². The van der Waals surface area contributed by atoms with E-state index in [0.29, 0.717) is 22.7 Å². The lowest BCUT2D eigenvalue weighted by molar-refractivity contribution is 0.0990. The first-order valence-corrected chi connectivity index (χ1v) is 8.10. The summed E-state index contributed by atoms with van der Waals surface area (Å²) in [5.41, 5.74) is 1.31. The van der Waals surface area contributed by atoms with E-state index in [1.54, 1.807) is 17.4 Å². The van der Waals surface area contributed by atoms with Crippen LogP contribution in [-0.2, 0) is 0 Å². The summed E-state index contributed by atoms with van der Waals surface area (Å²) in [7, 11) is 0. The van der Waals surface area contributed by atoms with Crippen molar-refractivity contribution in [1.82, 2.24) is 19.6 Å². The molecule has 1 aromatic carbocycles. The van der Waals surface area contributed by atoms with Crippen LogP contribution < -0.4 is 0 Å². The van der Waals surface area contributed by atoms with Crippen molar-refractivity contribution in [1.29, 1.82) is 0 Å². The topological polar surface area (TPSA) is 60.2 Å². The molecule has 2 aromatic heterocycles. The third-order valence-electron chi connectivity index (χ3n) is 3.51. The molecule has 8 heteroatoms. The lowest BCUT2D eigenvalue weighted by Crippen LogP contribution is -2.16. The molecular formula is C16H14F2N4OS. The highest BCUT2D eigenvalue weighted by Crippen LogP contribution is 2.26. The van der Waals surface area contributed by atoms with Crippen LogP contribution in [0.25, 0.3) is 5.65 Å². The zero-order valence-electron chi connectivity index (χ0n) is 13.2. The second-order valence-corrected chi connectivity index (χ2v) is 6.68. The molecule has 0 unspecified atom stereocenters. The van der Waals surface area contributed by atoms with Gasteiger partial charge in [0.2, 0.25) is 0 Å². The van der Waals surface area contributed by atoms with Crippen LogP contribution in [0, 0.1) is 25.5 Å². The number of hydrogen-bond acceptors (Lipinski definition) is 5. The lowest BCUT2D eigenvalue weighted by atomic mass is 10.1. The summed E-state index contributed by atoms with van der Waals surface area (Å²) < 4.78 is 28.5. The third kappa shape index (κ3) is 3.01. The van der Waals surface area contributed by atoms with Gasteiger partial charge < -0.3 is 0 Å². The molecule has 24 heavy (non-hydrogen) atoms. The van der Waals surface area contributed by atoms with E-state index in [4.69, 9.17) is 0 Å². The van der Waals surface area contributed by atoms with E-state index >= 15 is 0 Å². The number of rotatable bonds is 4. The Hall–Kier alpha value is -2.35. The van der Waals surface area contributed by atoms with Crippen LogP contribution in [0.1, 0.15) is 28.8 Å². The first-order chi connectivity index (χ1) is 11.4. The predicted octanol–water partition coefficient (Wildman–Crippen LogP) is 3.38. The molecule has 0 saturated heterocycles. The summed E-state index contributed by atoms with van der Waals surface area (Å²) in [5.74, 6) is -1.33. The first-order valence-electron chi connectivity index (χ1n) is 7.22. The van der Waals surface area contributed by atoms with Gasteiger partial charge in [0.05, 0.1) is 10.8 Å². The van der Waals surface area contributed by atoms with Crippen molar-refractivity contribution in [2.75, 3.05) is 0 Å². The highest BCUT2D eigenvalue weighted by Gasteiger charge is 2.23. The Kier molecular flexibility index (Phi) is 4.31. The number of carbonyl (C=O) groups excluding carboxylic acids is 1. The number of carbonyl (C=O) groups is 1. The van der Waals surface area contributed by atoms with Gasteiger partial charge in [0, 0.05) is 17.8 Å². The summed E-state index contributed by atoms with van der Waals surface area (Å²) in [5, 5.41) is 8.04. The summed E-state index contributed by atoms with van der Waals surface area (Å²) >= 11 is 1.15. The molecule has 0 spiro atoms. The van der Waals surface area contributed by atoms with Crippen LogP contribution in [-0.4, -0.2) is 30.6 Å². The van der Waals surface area contributed by atoms with Crippen molar-refractivity contribution in [2.24, 2.45) is 0 Å². The van der Waals surface area contributed by atoms with Crippen molar-refractivity contribution in [3.8, 4) is 0 Å². The molecule has 2 heterocycles. The van der Waals surface area contributed by atoms with Crippen molar-refractivity contribution in [2.45, 2.75) is 31.2 Å². The molecule has 124 valence electrons. The predicted molar refractivity (Wildman–Crippen MR) is 86.3 cm³/mol. The number of benzene rings is 1. The van der Waals surface area contributed by atoms with E-state index < -0.39 is 22.7 Å². The summed E-state index contributed by atoms with van der Waals surface area (Å²) in [6.07, 6.45) is 0. The number of fused-ring (bicyclic) bond motifs is 1. The van der Waals surface area contributed by atoms with E-state index in [0.717, 1.165) is 29.6 Å². The molecule has 0 aliphatic rings. The molecule has 0 radical (unpaired) electrons. The number of nitrogens with zero attached hydrogens (tertiary/aromatic N) is 4. The number of Topliss-reactive ketones (excluding diaryl/α,β-unsaturated/α-hetero) is 1. The highest BCUT2D eigenvalue weighted by molar-refractivity contribution is 8.00. The van der Waals surface area contributed by atoms with Gasteiger partial charge in [-0.05, 0) is 32.9 Å². The number of aromatic nitrogens is 4. The largest absolute Gasteiger partial charge is 0.293 e. The zero-order chi connectivity index (χ0) is 17.4. The molecule has 0 bridgehead atoms. The maximum atomic E-state index is 13.8. The fourth-order valence-corrected chi connectivity index (χ4v) is 3.37. The van der Waals surface area contributed by atoms with Crippen LogP contribution >= 0.6 is 11.8 Å². The van der Waals surface area contributed by atoms with E-state index in [-0.39, 0.29) is 5.56 Å². The Morgan fingerprint density at radius 3 is 2.67 bits per heavy atom. The second kappa shape index (κ2) is 6.27. The smallest absolute Gasteiger partial charge is 0.197 e.